The summed E-state index contributed by atoms with van der Waals surface area (Å²) in [6.07, 6.45) is -1.44. The second-order valence-corrected chi connectivity index (χ2v) is 3.30. The second kappa shape index (κ2) is 2.99. The number of ether oxygens (including phenoxy) is 1. The molecule has 0 spiro atoms. The SMILES string of the molecule is C[C@H]1OC(=O)c2c(O)cccc2[C@@H]1O. The van der Waals surface area contributed by atoms with Crippen molar-refractivity contribution in [1.29, 1.82) is 0 Å². The molecule has 14 heavy (non-hydrogen) atoms. The molecule has 0 amide bonds. The number of carbonyl (C=O) groups is 1. The number of cyclic esters (lactones) is 1. The van der Waals surface area contributed by atoms with Crippen molar-refractivity contribution in [1.82, 2.24) is 0 Å². The fourth-order valence-electron chi connectivity index (χ4n) is 1.57. The Kier molecular flexibility index (Phi) is 1.93. The van der Waals surface area contributed by atoms with Crippen molar-refractivity contribution >= 4 is 5.97 Å². The molecule has 1 heterocycles. The summed E-state index contributed by atoms with van der Waals surface area (Å²) >= 11 is 0. The molecule has 0 saturated carbocycles. The van der Waals surface area contributed by atoms with Crippen molar-refractivity contribution in [2.45, 2.75) is 19.1 Å². The van der Waals surface area contributed by atoms with Gasteiger partial charge in [-0.2, -0.15) is 0 Å². The van der Waals surface area contributed by atoms with Gasteiger partial charge in [0.15, 0.2) is 0 Å². The van der Waals surface area contributed by atoms with Crippen LogP contribution in [-0.4, -0.2) is 22.3 Å². The van der Waals surface area contributed by atoms with Gasteiger partial charge in [0.1, 0.15) is 23.5 Å². The molecule has 0 radical (unpaired) electrons. The van der Waals surface area contributed by atoms with Crippen molar-refractivity contribution < 1.29 is 19.7 Å². The first-order chi connectivity index (χ1) is 6.61. The van der Waals surface area contributed by atoms with Crippen LogP contribution in [0.5, 0.6) is 5.75 Å². The number of aliphatic hydroxyl groups is 1. The number of aliphatic hydroxyl groups excluding tert-OH is 1. The molecule has 1 aromatic carbocycles. The van der Waals surface area contributed by atoms with Crippen LogP contribution < -0.4 is 0 Å². The summed E-state index contributed by atoms with van der Waals surface area (Å²) in [7, 11) is 0. The van der Waals surface area contributed by atoms with Crippen LogP contribution in [0, 0.1) is 0 Å². The average Bonchev–Trinajstić information content (AvgIpc) is 2.14. The summed E-state index contributed by atoms with van der Waals surface area (Å²) in [4.78, 5) is 11.4. The van der Waals surface area contributed by atoms with Gasteiger partial charge < -0.3 is 14.9 Å². The quantitative estimate of drug-likeness (QED) is 0.604. The zero-order chi connectivity index (χ0) is 10.3. The molecule has 0 aromatic heterocycles. The fourth-order valence-corrected chi connectivity index (χ4v) is 1.57. The van der Waals surface area contributed by atoms with E-state index in [0.29, 0.717) is 5.56 Å². The maximum absolute atomic E-state index is 11.4. The van der Waals surface area contributed by atoms with Gasteiger partial charge >= 0.3 is 5.97 Å². The Balaban J connectivity index is 2.61. The highest BCUT2D eigenvalue weighted by Crippen LogP contribution is 2.33. The molecule has 0 aliphatic carbocycles. The Bertz CT molecular complexity index is 386. The van der Waals surface area contributed by atoms with Gasteiger partial charge in [-0.1, -0.05) is 12.1 Å². The molecule has 2 N–H and O–H groups in total. The number of phenolic OH excluding ortho intramolecular Hbond substituents is 1. The van der Waals surface area contributed by atoms with Gasteiger partial charge in [0.25, 0.3) is 0 Å². The molecule has 1 aliphatic heterocycles. The molecule has 74 valence electrons. The van der Waals surface area contributed by atoms with Crippen LogP contribution in [0.1, 0.15) is 28.9 Å². The van der Waals surface area contributed by atoms with E-state index in [9.17, 15) is 15.0 Å². The molecule has 0 unspecified atom stereocenters. The Morgan fingerprint density at radius 2 is 2.14 bits per heavy atom. The molecule has 2 atom stereocenters. The van der Waals surface area contributed by atoms with Crippen molar-refractivity contribution in [3.8, 4) is 5.75 Å². The van der Waals surface area contributed by atoms with Gasteiger partial charge in [-0.25, -0.2) is 4.79 Å². The minimum absolute atomic E-state index is 0.0677. The van der Waals surface area contributed by atoms with Gasteiger partial charge in [0, 0.05) is 5.56 Å². The number of benzene rings is 1. The van der Waals surface area contributed by atoms with Crippen LogP contribution in [0.25, 0.3) is 0 Å². The van der Waals surface area contributed by atoms with Crippen molar-refractivity contribution in [2.75, 3.05) is 0 Å². The van der Waals surface area contributed by atoms with E-state index in [0.717, 1.165) is 0 Å². The van der Waals surface area contributed by atoms with Crippen molar-refractivity contribution in [3.05, 3.63) is 29.3 Å². The minimum Gasteiger partial charge on any atom is -0.507 e. The summed E-state index contributed by atoms with van der Waals surface area (Å²) in [5.74, 6) is -0.741. The van der Waals surface area contributed by atoms with Crippen LogP contribution in [-0.2, 0) is 4.74 Å². The molecular formula is C10H10O4. The first kappa shape index (κ1) is 9.02. The predicted molar refractivity (Wildman–Crippen MR) is 47.9 cm³/mol. The third-order valence-electron chi connectivity index (χ3n) is 2.34. The number of hydrogen-bond donors (Lipinski definition) is 2. The molecule has 4 nitrogen and oxygen atoms in total. The van der Waals surface area contributed by atoms with Crippen LogP contribution in [0.4, 0.5) is 0 Å². The number of aromatic hydroxyl groups is 1. The summed E-state index contributed by atoms with van der Waals surface area (Å²) in [6, 6.07) is 4.59. The summed E-state index contributed by atoms with van der Waals surface area (Å²) in [6.45, 7) is 1.61. The first-order valence-electron chi connectivity index (χ1n) is 4.32. The van der Waals surface area contributed by atoms with Crippen LogP contribution in [0.15, 0.2) is 18.2 Å². The molecule has 0 bridgehead atoms. The highest BCUT2D eigenvalue weighted by molar-refractivity contribution is 5.95. The third kappa shape index (κ3) is 1.15. The first-order valence-corrected chi connectivity index (χ1v) is 4.32. The van der Waals surface area contributed by atoms with Gasteiger partial charge in [-0.05, 0) is 13.0 Å². The van der Waals surface area contributed by atoms with Crippen LogP contribution in [0.2, 0.25) is 0 Å². The number of hydrogen-bond acceptors (Lipinski definition) is 4. The van der Waals surface area contributed by atoms with Gasteiger partial charge in [-0.15, -0.1) is 0 Å². The third-order valence-corrected chi connectivity index (χ3v) is 2.34. The van der Waals surface area contributed by atoms with E-state index in [4.69, 9.17) is 4.74 Å². The second-order valence-electron chi connectivity index (χ2n) is 3.30. The van der Waals surface area contributed by atoms with Crippen LogP contribution >= 0.6 is 0 Å². The lowest BCUT2D eigenvalue weighted by Gasteiger charge is -2.27. The lowest BCUT2D eigenvalue weighted by Crippen LogP contribution is -2.29. The lowest BCUT2D eigenvalue weighted by atomic mass is 9.96. The van der Waals surface area contributed by atoms with Gasteiger partial charge in [0.2, 0.25) is 0 Å². The smallest absolute Gasteiger partial charge is 0.342 e. The molecule has 4 heteroatoms. The predicted octanol–water partition coefficient (Wildman–Crippen LogP) is 0.984. The Morgan fingerprint density at radius 1 is 1.43 bits per heavy atom. The van der Waals surface area contributed by atoms with E-state index in [1.165, 1.54) is 6.07 Å². The summed E-state index contributed by atoms with van der Waals surface area (Å²) < 4.78 is 4.86. The number of rotatable bonds is 0. The molecule has 2 rings (SSSR count). The minimum atomic E-state index is -0.866. The Morgan fingerprint density at radius 3 is 2.86 bits per heavy atom. The number of carbonyl (C=O) groups excluding carboxylic acids is 1. The summed E-state index contributed by atoms with van der Waals surface area (Å²) in [5, 5.41) is 19.1. The zero-order valence-corrected chi connectivity index (χ0v) is 7.60. The van der Waals surface area contributed by atoms with E-state index in [2.05, 4.69) is 0 Å². The van der Waals surface area contributed by atoms with E-state index in [-0.39, 0.29) is 11.3 Å². The highest BCUT2D eigenvalue weighted by atomic mass is 16.6. The standard InChI is InChI=1S/C10H10O4/c1-5-9(12)6-3-2-4-7(11)8(6)10(13)14-5/h2-5,9,11-12H,1H3/t5-,9-/m1/s1. The average molecular weight is 194 g/mol. The summed E-state index contributed by atoms with van der Waals surface area (Å²) in [5.41, 5.74) is 0.492. The zero-order valence-electron chi connectivity index (χ0n) is 7.60. The van der Waals surface area contributed by atoms with Gasteiger partial charge in [0.05, 0.1) is 0 Å². The van der Waals surface area contributed by atoms with Crippen LogP contribution in [0.3, 0.4) is 0 Å². The topological polar surface area (TPSA) is 66.8 Å². The molecule has 1 aromatic rings. The monoisotopic (exact) mass is 194 g/mol. The lowest BCUT2D eigenvalue weighted by molar-refractivity contribution is -0.0216. The molecular weight excluding hydrogens is 184 g/mol. The van der Waals surface area contributed by atoms with E-state index in [1.807, 2.05) is 0 Å². The Hall–Kier alpha value is -1.55. The normalized spacial score (nSPS) is 25.4. The van der Waals surface area contributed by atoms with E-state index >= 15 is 0 Å². The van der Waals surface area contributed by atoms with Crippen molar-refractivity contribution in [2.24, 2.45) is 0 Å². The molecule has 1 aliphatic rings. The highest BCUT2D eigenvalue weighted by Gasteiger charge is 2.33. The van der Waals surface area contributed by atoms with E-state index in [1.54, 1.807) is 19.1 Å². The van der Waals surface area contributed by atoms with Crippen molar-refractivity contribution in [3.63, 3.8) is 0 Å². The fraction of sp³-hybridized carbons (Fsp3) is 0.300. The number of esters is 1. The largest absolute Gasteiger partial charge is 0.507 e. The van der Waals surface area contributed by atoms with E-state index < -0.39 is 18.2 Å². The Labute approximate surface area is 80.7 Å². The maximum atomic E-state index is 11.4. The van der Waals surface area contributed by atoms with Gasteiger partial charge in [-0.3, -0.25) is 0 Å². The molecule has 0 fully saturated rings. The number of fused-ring (bicyclic) bond motifs is 1. The molecule has 0 saturated heterocycles. The number of phenols is 1. The maximum Gasteiger partial charge on any atom is 0.342 e.